The first-order chi connectivity index (χ1) is 11.9. The fourth-order valence-corrected chi connectivity index (χ4v) is 2.79. The highest BCUT2D eigenvalue weighted by Crippen LogP contribution is 2.15. The zero-order valence-corrected chi connectivity index (χ0v) is 16.8. The highest BCUT2D eigenvalue weighted by Gasteiger charge is 2.01. The monoisotopic (exact) mass is 448 g/mol. The normalized spacial score (nSPS) is 11.2. The van der Waals surface area contributed by atoms with Crippen LogP contribution < -0.4 is 10.6 Å². The van der Waals surface area contributed by atoms with E-state index in [2.05, 4.69) is 81.0 Å². The first-order valence-corrected chi connectivity index (χ1v) is 8.39. The van der Waals surface area contributed by atoms with Crippen molar-refractivity contribution in [2.45, 2.75) is 19.5 Å². The van der Waals surface area contributed by atoms with Crippen LogP contribution in [0.1, 0.15) is 12.0 Å². The third kappa shape index (κ3) is 5.49. The van der Waals surface area contributed by atoms with E-state index < -0.39 is 0 Å². The van der Waals surface area contributed by atoms with Crippen LogP contribution in [0.4, 0.5) is 0 Å². The summed E-state index contributed by atoms with van der Waals surface area (Å²) in [6, 6.07) is 21.0. The Hall–Kier alpha value is -2.02. The molecular weight excluding hydrogens is 423 g/mol. The summed E-state index contributed by atoms with van der Waals surface area (Å²) < 4.78 is 2.30. The number of nitrogens with zero attached hydrogens (tertiary/aromatic N) is 2. The molecule has 0 fully saturated rings. The van der Waals surface area contributed by atoms with Crippen molar-refractivity contribution >= 4 is 40.8 Å². The van der Waals surface area contributed by atoms with Crippen molar-refractivity contribution in [3.05, 3.63) is 72.4 Å². The fourth-order valence-electron chi connectivity index (χ4n) is 2.79. The number of rotatable bonds is 6. The molecule has 0 amide bonds. The molecule has 0 radical (unpaired) electrons. The smallest absolute Gasteiger partial charge is 0.191 e. The van der Waals surface area contributed by atoms with Gasteiger partial charge < -0.3 is 15.2 Å². The van der Waals surface area contributed by atoms with Crippen LogP contribution in [-0.2, 0) is 13.1 Å². The van der Waals surface area contributed by atoms with Gasteiger partial charge >= 0.3 is 0 Å². The van der Waals surface area contributed by atoms with Crippen molar-refractivity contribution in [2.24, 2.45) is 4.99 Å². The van der Waals surface area contributed by atoms with E-state index in [1.54, 1.807) is 7.05 Å². The summed E-state index contributed by atoms with van der Waals surface area (Å²) >= 11 is 0. The second-order valence-corrected chi connectivity index (χ2v) is 5.76. The molecule has 0 atom stereocenters. The standard InChI is InChI=1S/C20H24N4.HI/c1-21-20(23-16-17-8-3-2-4-9-17)22-13-7-14-24-15-12-18-10-5-6-11-19(18)24;/h2-6,8-12,15H,7,13-14,16H2,1H3,(H2,21,22,23);1H. The van der Waals surface area contributed by atoms with E-state index >= 15 is 0 Å². The first-order valence-electron chi connectivity index (χ1n) is 8.39. The number of nitrogens with one attached hydrogen (secondary N) is 2. The Labute approximate surface area is 166 Å². The highest BCUT2D eigenvalue weighted by molar-refractivity contribution is 14.0. The molecule has 0 aliphatic heterocycles. The van der Waals surface area contributed by atoms with E-state index in [0.29, 0.717) is 0 Å². The molecule has 3 rings (SSSR count). The van der Waals surface area contributed by atoms with Crippen LogP contribution in [0.5, 0.6) is 0 Å². The number of halogens is 1. The van der Waals surface area contributed by atoms with E-state index in [9.17, 15) is 0 Å². The summed E-state index contributed by atoms with van der Waals surface area (Å²) in [7, 11) is 1.81. The van der Waals surface area contributed by atoms with Gasteiger partial charge in [-0.15, -0.1) is 24.0 Å². The lowest BCUT2D eigenvalue weighted by Gasteiger charge is -2.12. The lowest BCUT2D eigenvalue weighted by molar-refractivity contribution is 0.640. The quantitative estimate of drug-likeness (QED) is 0.259. The molecule has 0 bridgehead atoms. The average molecular weight is 448 g/mol. The molecule has 2 N–H and O–H groups in total. The number of aliphatic imine (C=N–C) groups is 1. The van der Waals surface area contributed by atoms with Crippen molar-refractivity contribution < 1.29 is 0 Å². The minimum atomic E-state index is 0. The molecule has 0 spiro atoms. The van der Waals surface area contributed by atoms with Gasteiger partial charge in [-0.25, -0.2) is 0 Å². The van der Waals surface area contributed by atoms with Crippen LogP contribution in [0.15, 0.2) is 71.9 Å². The number of para-hydroxylation sites is 1. The largest absolute Gasteiger partial charge is 0.356 e. The Kier molecular flexibility index (Phi) is 7.78. The van der Waals surface area contributed by atoms with E-state index in [1.807, 2.05) is 6.07 Å². The van der Waals surface area contributed by atoms with Crippen LogP contribution in [0, 0.1) is 0 Å². The average Bonchev–Trinajstić information content (AvgIpc) is 3.05. The molecule has 1 heterocycles. The molecule has 1 aromatic heterocycles. The number of fused-ring (bicyclic) bond motifs is 1. The predicted octanol–water partition coefficient (Wildman–Crippen LogP) is 4.01. The third-order valence-electron chi connectivity index (χ3n) is 4.07. The molecule has 132 valence electrons. The van der Waals surface area contributed by atoms with E-state index in [1.165, 1.54) is 16.5 Å². The van der Waals surface area contributed by atoms with Gasteiger partial charge in [-0.2, -0.15) is 0 Å². The summed E-state index contributed by atoms with van der Waals surface area (Å²) in [6.45, 7) is 2.67. The number of hydrogen-bond acceptors (Lipinski definition) is 1. The van der Waals surface area contributed by atoms with E-state index in [4.69, 9.17) is 0 Å². The molecular formula is C20H25IN4. The van der Waals surface area contributed by atoms with Crippen LogP contribution in [0.3, 0.4) is 0 Å². The number of aromatic nitrogens is 1. The van der Waals surface area contributed by atoms with Gasteiger partial charge in [0, 0.05) is 38.4 Å². The maximum Gasteiger partial charge on any atom is 0.191 e. The summed E-state index contributed by atoms with van der Waals surface area (Å²) in [5, 5.41) is 8.01. The molecule has 0 saturated heterocycles. The molecule has 5 heteroatoms. The number of benzene rings is 2. The highest BCUT2D eigenvalue weighted by atomic mass is 127. The topological polar surface area (TPSA) is 41.4 Å². The summed E-state index contributed by atoms with van der Waals surface area (Å²) in [5.74, 6) is 0.844. The Bertz CT molecular complexity index is 796. The van der Waals surface area contributed by atoms with Gasteiger partial charge in [-0.3, -0.25) is 4.99 Å². The van der Waals surface area contributed by atoms with Crippen molar-refractivity contribution in [1.29, 1.82) is 0 Å². The molecule has 2 aromatic carbocycles. The molecule has 4 nitrogen and oxygen atoms in total. The minimum absolute atomic E-state index is 0. The zero-order chi connectivity index (χ0) is 16.6. The lowest BCUT2D eigenvalue weighted by Crippen LogP contribution is -2.37. The van der Waals surface area contributed by atoms with E-state index in [-0.39, 0.29) is 24.0 Å². The Morgan fingerprint density at radius 2 is 1.72 bits per heavy atom. The second kappa shape index (κ2) is 10.1. The summed E-state index contributed by atoms with van der Waals surface area (Å²) in [6.07, 6.45) is 3.21. The number of aryl methyl sites for hydroxylation is 1. The zero-order valence-electron chi connectivity index (χ0n) is 14.5. The molecule has 0 aliphatic rings. The van der Waals surface area contributed by atoms with Crippen LogP contribution in [0.25, 0.3) is 10.9 Å². The summed E-state index contributed by atoms with van der Waals surface area (Å²) in [4.78, 5) is 4.28. The molecule has 0 unspecified atom stereocenters. The van der Waals surface area contributed by atoms with Gasteiger partial charge in [0.1, 0.15) is 0 Å². The van der Waals surface area contributed by atoms with Gasteiger partial charge in [-0.1, -0.05) is 48.5 Å². The first kappa shape index (κ1) is 19.3. The van der Waals surface area contributed by atoms with Crippen molar-refractivity contribution in [3.63, 3.8) is 0 Å². The van der Waals surface area contributed by atoms with Crippen molar-refractivity contribution in [2.75, 3.05) is 13.6 Å². The predicted molar refractivity (Wildman–Crippen MR) is 117 cm³/mol. The molecule has 25 heavy (non-hydrogen) atoms. The fraction of sp³-hybridized carbons (Fsp3) is 0.250. The molecule has 3 aromatic rings. The summed E-state index contributed by atoms with van der Waals surface area (Å²) in [5.41, 5.74) is 2.54. The van der Waals surface area contributed by atoms with Gasteiger partial charge in [-0.05, 0) is 29.5 Å². The number of hydrogen-bond donors (Lipinski definition) is 2. The van der Waals surface area contributed by atoms with Crippen molar-refractivity contribution in [1.82, 2.24) is 15.2 Å². The maximum absolute atomic E-state index is 4.28. The Morgan fingerprint density at radius 3 is 2.52 bits per heavy atom. The second-order valence-electron chi connectivity index (χ2n) is 5.76. The number of guanidine groups is 1. The lowest BCUT2D eigenvalue weighted by atomic mass is 10.2. The van der Waals surface area contributed by atoms with Crippen LogP contribution in [-0.4, -0.2) is 24.1 Å². The SMILES string of the molecule is CN=C(NCCCn1ccc2ccccc21)NCc1ccccc1.I. The molecule has 0 aliphatic carbocycles. The Balaban J connectivity index is 0.00000225. The van der Waals surface area contributed by atoms with Gasteiger partial charge in [0.2, 0.25) is 0 Å². The Morgan fingerprint density at radius 1 is 0.960 bits per heavy atom. The van der Waals surface area contributed by atoms with Gasteiger partial charge in [0.25, 0.3) is 0 Å². The van der Waals surface area contributed by atoms with Crippen LogP contribution in [0.2, 0.25) is 0 Å². The molecule has 0 saturated carbocycles. The maximum atomic E-state index is 4.28. The van der Waals surface area contributed by atoms with E-state index in [0.717, 1.165) is 32.0 Å². The third-order valence-corrected chi connectivity index (χ3v) is 4.07. The minimum Gasteiger partial charge on any atom is -0.356 e. The van der Waals surface area contributed by atoms with Gasteiger partial charge in [0.15, 0.2) is 5.96 Å². The van der Waals surface area contributed by atoms with Gasteiger partial charge in [0.05, 0.1) is 0 Å². The van der Waals surface area contributed by atoms with Crippen molar-refractivity contribution in [3.8, 4) is 0 Å². The van der Waals surface area contributed by atoms with Crippen LogP contribution >= 0.6 is 24.0 Å².